The van der Waals surface area contributed by atoms with Crippen molar-refractivity contribution in [2.45, 2.75) is 32.0 Å². The molecule has 0 amide bonds. The molecule has 0 radical (unpaired) electrons. The van der Waals surface area contributed by atoms with Crippen molar-refractivity contribution in [1.82, 2.24) is 10.2 Å². The van der Waals surface area contributed by atoms with Crippen LogP contribution < -0.4 is 5.32 Å². The van der Waals surface area contributed by atoms with E-state index in [4.69, 9.17) is 4.74 Å². The SMILES string of the molecule is c1ccc2c(c1)CN(CCOC1CCNCC1)C2. The van der Waals surface area contributed by atoms with Crippen LogP contribution in [0.2, 0.25) is 0 Å². The lowest BCUT2D eigenvalue weighted by Gasteiger charge is -2.24. The Bertz CT molecular complexity index is 363. The standard InChI is InChI=1S/C15H22N2O/c1-2-4-14-12-17(11-13(14)3-1)9-10-18-15-5-7-16-8-6-15/h1-4,15-16H,5-12H2. The van der Waals surface area contributed by atoms with E-state index in [1.54, 1.807) is 0 Å². The first-order valence-electron chi connectivity index (χ1n) is 7.03. The van der Waals surface area contributed by atoms with Crippen LogP contribution in [-0.2, 0) is 17.8 Å². The summed E-state index contributed by atoms with van der Waals surface area (Å²) < 4.78 is 5.96. The van der Waals surface area contributed by atoms with E-state index in [-0.39, 0.29) is 0 Å². The first-order chi connectivity index (χ1) is 8.92. The molecule has 3 rings (SSSR count). The molecule has 1 saturated heterocycles. The van der Waals surface area contributed by atoms with Gasteiger partial charge in [-0.05, 0) is 37.1 Å². The highest BCUT2D eigenvalue weighted by Gasteiger charge is 2.18. The molecule has 1 aromatic carbocycles. The van der Waals surface area contributed by atoms with Gasteiger partial charge >= 0.3 is 0 Å². The zero-order valence-electron chi connectivity index (χ0n) is 10.9. The molecule has 0 aromatic heterocycles. The minimum atomic E-state index is 0.483. The van der Waals surface area contributed by atoms with Gasteiger partial charge in [0.1, 0.15) is 0 Å². The number of ether oxygens (including phenoxy) is 1. The van der Waals surface area contributed by atoms with Crippen LogP contribution in [0.4, 0.5) is 0 Å². The van der Waals surface area contributed by atoms with E-state index in [0.717, 1.165) is 39.3 Å². The lowest BCUT2D eigenvalue weighted by Crippen LogP contribution is -2.34. The summed E-state index contributed by atoms with van der Waals surface area (Å²) in [6.07, 6.45) is 2.82. The molecule has 1 fully saturated rings. The topological polar surface area (TPSA) is 24.5 Å². The molecule has 2 aliphatic heterocycles. The van der Waals surface area contributed by atoms with Crippen LogP contribution in [0.15, 0.2) is 24.3 Å². The largest absolute Gasteiger partial charge is 0.377 e. The van der Waals surface area contributed by atoms with Crippen LogP contribution in [0, 0.1) is 0 Å². The Morgan fingerprint density at radius 2 is 1.78 bits per heavy atom. The zero-order valence-corrected chi connectivity index (χ0v) is 10.9. The minimum Gasteiger partial charge on any atom is -0.377 e. The Labute approximate surface area is 109 Å². The molecule has 0 saturated carbocycles. The number of benzene rings is 1. The van der Waals surface area contributed by atoms with Gasteiger partial charge in [0.05, 0.1) is 12.7 Å². The van der Waals surface area contributed by atoms with Crippen molar-refractivity contribution >= 4 is 0 Å². The monoisotopic (exact) mass is 246 g/mol. The van der Waals surface area contributed by atoms with E-state index in [1.165, 1.54) is 24.0 Å². The zero-order chi connectivity index (χ0) is 12.2. The highest BCUT2D eigenvalue weighted by molar-refractivity contribution is 5.30. The van der Waals surface area contributed by atoms with Gasteiger partial charge < -0.3 is 10.1 Å². The molecule has 98 valence electrons. The van der Waals surface area contributed by atoms with Gasteiger partial charge in [-0.3, -0.25) is 4.90 Å². The Morgan fingerprint density at radius 1 is 1.11 bits per heavy atom. The van der Waals surface area contributed by atoms with E-state index >= 15 is 0 Å². The number of hydrogen-bond acceptors (Lipinski definition) is 3. The van der Waals surface area contributed by atoms with Gasteiger partial charge in [0, 0.05) is 19.6 Å². The van der Waals surface area contributed by atoms with Crippen molar-refractivity contribution in [3.05, 3.63) is 35.4 Å². The number of hydrogen-bond donors (Lipinski definition) is 1. The summed E-state index contributed by atoms with van der Waals surface area (Å²) >= 11 is 0. The molecule has 3 heteroatoms. The maximum Gasteiger partial charge on any atom is 0.0600 e. The summed E-state index contributed by atoms with van der Waals surface area (Å²) in [5.41, 5.74) is 2.97. The highest BCUT2D eigenvalue weighted by atomic mass is 16.5. The minimum absolute atomic E-state index is 0.483. The predicted octanol–water partition coefficient (Wildman–Crippen LogP) is 1.77. The number of nitrogens with one attached hydrogen (secondary N) is 1. The Hall–Kier alpha value is -0.900. The third-order valence-corrected chi connectivity index (χ3v) is 3.95. The Morgan fingerprint density at radius 3 is 2.44 bits per heavy atom. The molecule has 0 unspecified atom stereocenters. The summed E-state index contributed by atoms with van der Waals surface area (Å²) in [4.78, 5) is 2.48. The second-order valence-electron chi connectivity index (χ2n) is 5.30. The molecule has 1 aromatic rings. The van der Waals surface area contributed by atoms with Crippen LogP contribution >= 0.6 is 0 Å². The molecule has 0 spiro atoms. The van der Waals surface area contributed by atoms with E-state index in [9.17, 15) is 0 Å². The van der Waals surface area contributed by atoms with Gasteiger partial charge in [-0.25, -0.2) is 0 Å². The van der Waals surface area contributed by atoms with Crippen molar-refractivity contribution in [3.63, 3.8) is 0 Å². The second-order valence-corrected chi connectivity index (χ2v) is 5.30. The fourth-order valence-corrected chi connectivity index (χ4v) is 2.87. The van der Waals surface area contributed by atoms with Crippen LogP contribution in [0.1, 0.15) is 24.0 Å². The van der Waals surface area contributed by atoms with Gasteiger partial charge in [0.2, 0.25) is 0 Å². The lowest BCUT2D eigenvalue weighted by atomic mass is 10.1. The third-order valence-electron chi connectivity index (χ3n) is 3.95. The van der Waals surface area contributed by atoms with Gasteiger partial charge in [-0.15, -0.1) is 0 Å². The molecular formula is C15H22N2O. The van der Waals surface area contributed by atoms with E-state index in [0.29, 0.717) is 6.10 Å². The van der Waals surface area contributed by atoms with Crippen molar-refractivity contribution in [2.75, 3.05) is 26.2 Å². The predicted molar refractivity (Wildman–Crippen MR) is 72.4 cm³/mol. The first-order valence-corrected chi connectivity index (χ1v) is 7.03. The summed E-state index contributed by atoms with van der Waals surface area (Å²) in [5.74, 6) is 0. The normalized spacial score (nSPS) is 21.1. The molecule has 0 bridgehead atoms. The maximum atomic E-state index is 5.96. The second kappa shape index (κ2) is 5.83. The van der Waals surface area contributed by atoms with Gasteiger partial charge in [0.25, 0.3) is 0 Å². The van der Waals surface area contributed by atoms with Crippen LogP contribution in [-0.4, -0.2) is 37.2 Å². The molecular weight excluding hydrogens is 224 g/mol. The summed E-state index contributed by atoms with van der Waals surface area (Å²) in [7, 11) is 0. The fourth-order valence-electron chi connectivity index (χ4n) is 2.87. The quantitative estimate of drug-likeness (QED) is 0.876. The Kier molecular flexibility index (Phi) is 3.93. The van der Waals surface area contributed by atoms with E-state index in [1.807, 2.05) is 0 Å². The highest BCUT2D eigenvalue weighted by Crippen LogP contribution is 2.21. The van der Waals surface area contributed by atoms with Crippen LogP contribution in [0.25, 0.3) is 0 Å². The summed E-state index contributed by atoms with van der Waals surface area (Å²) in [5, 5.41) is 3.37. The molecule has 2 heterocycles. The summed E-state index contributed by atoms with van der Waals surface area (Å²) in [6.45, 7) is 6.33. The van der Waals surface area contributed by atoms with Crippen LogP contribution in [0.5, 0.6) is 0 Å². The number of piperidine rings is 1. The van der Waals surface area contributed by atoms with Gasteiger partial charge in [-0.2, -0.15) is 0 Å². The van der Waals surface area contributed by atoms with Gasteiger partial charge in [0.15, 0.2) is 0 Å². The third kappa shape index (κ3) is 2.91. The average molecular weight is 246 g/mol. The molecule has 0 aliphatic carbocycles. The Balaban J connectivity index is 1.40. The number of nitrogens with zero attached hydrogens (tertiary/aromatic N) is 1. The molecule has 2 aliphatic rings. The van der Waals surface area contributed by atoms with Crippen molar-refractivity contribution in [1.29, 1.82) is 0 Å². The molecule has 1 N–H and O–H groups in total. The molecule has 3 nitrogen and oxygen atoms in total. The van der Waals surface area contributed by atoms with Gasteiger partial charge in [-0.1, -0.05) is 24.3 Å². The van der Waals surface area contributed by atoms with Crippen molar-refractivity contribution in [3.8, 4) is 0 Å². The summed E-state index contributed by atoms with van der Waals surface area (Å²) in [6, 6.07) is 8.74. The number of fused-ring (bicyclic) bond motifs is 1. The van der Waals surface area contributed by atoms with E-state index < -0.39 is 0 Å². The average Bonchev–Trinajstić information content (AvgIpc) is 2.82. The fraction of sp³-hybridized carbons (Fsp3) is 0.600. The first kappa shape index (κ1) is 12.2. The van der Waals surface area contributed by atoms with Crippen LogP contribution in [0.3, 0.4) is 0 Å². The maximum absolute atomic E-state index is 5.96. The van der Waals surface area contributed by atoms with Crippen molar-refractivity contribution in [2.24, 2.45) is 0 Å². The molecule has 0 atom stereocenters. The lowest BCUT2D eigenvalue weighted by molar-refractivity contribution is 0.0196. The van der Waals surface area contributed by atoms with Crippen molar-refractivity contribution < 1.29 is 4.74 Å². The van der Waals surface area contributed by atoms with E-state index in [2.05, 4.69) is 34.5 Å². The smallest absolute Gasteiger partial charge is 0.0600 e. The molecule has 18 heavy (non-hydrogen) atoms. The number of rotatable bonds is 4.